The molecule has 0 heterocycles. The lowest BCUT2D eigenvalue weighted by molar-refractivity contribution is -0.145. The van der Waals surface area contributed by atoms with Crippen molar-refractivity contribution < 1.29 is 19.4 Å². The summed E-state index contributed by atoms with van der Waals surface area (Å²) in [7, 11) is 0. The zero-order chi connectivity index (χ0) is 13.7. The molecule has 0 saturated carbocycles. The third-order valence-corrected chi connectivity index (χ3v) is 3.11. The van der Waals surface area contributed by atoms with Crippen LogP contribution in [0.5, 0.6) is 5.75 Å². The van der Waals surface area contributed by atoms with Crippen LogP contribution in [0.25, 0.3) is 0 Å². The highest BCUT2D eigenvalue weighted by atomic mass is 16.5. The van der Waals surface area contributed by atoms with Gasteiger partial charge in [0.25, 0.3) is 0 Å². The van der Waals surface area contributed by atoms with Gasteiger partial charge in [0.2, 0.25) is 0 Å². The molecular formula is C15H16O4. The topological polar surface area (TPSA) is 63.6 Å². The predicted octanol–water partition coefficient (Wildman–Crippen LogP) is 2.01. The third kappa shape index (κ3) is 3.95. The van der Waals surface area contributed by atoms with Crippen LogP contribution in [-0.2, 0) is 20.7 Å². The number of phenolic OH excluding ortho intramolecular Hbond substituents is 1. The number of carbonyl (C=O) groups excluding carboxylic acids is 2. The Kier molecular flexibility index (Phi) is 4.34. The van der Waals surface area contributed by atoms with E-state index in [2.05, 4.69) is 0 Å². The molecule has 1 atom stereocenters. The van der Waals surface area contributed by atoms with E-state index in [0.29, 0.717) is 12.8 Å². The average Bonchev–Trinajstić information content (AvgIpc) is 2.78. The molecule has 0 aromatic heterocycles. The van der Waals surface area contributed by atoms with Crippen LogP contribution < -0.4 is 0 Å². The van der Waals surface area contributed by atoms with Crippen LogP contribution in [0.15, 0.2) is 36.4 Å². The maximum absolute atomic E-state index is 11.5. The van der Waals surface area contributed by atoms with Crippen molar-refractivity contribution in [1.82, 2.24) is 0 Å². The van der Waals surface area contributed by atoms with Crippen molar-refractivity contribution in [3.63, 3.8) is 0 Å². The molecular weight excluding hydrogens is 244 g/mol. The van der Waals surface area contributed by atoms with Crippen molar-refractivity contribution in [3.05, 3.63) is 42.0 Å². The molecule has 0 amide bonds. The molecule has 0 aliphatic heterocycles. The molecule has 1 aromatic carbocycles. The quantitative estimate of drug-likeness (QED) is 0.823. The van der Waals surface area contributed by atoms with Gasteiger partial charge in [-0.1, -0.05) is 18.2 Å². The summed E-state index contributed by atoms with van der Waals surface area (Å²) >= 11 is 0. The second-order valence-electron chi connectivity index (χ2n) is 4.58. The number of aromatic hydroxyl groups is 1. The van der Waals surface area contributed by atoms with Crippen LogP contribution in [0.1, 0.15) is 18.4 Å². The Morgan fingerprint density at radius 1 is 1.32 bits per heavy atom. The van der Waals surface area contributed by atoms with Crippen molar-refractivity contribution in [1.29, 1.82) is 0 Å². The van der Waals surface area contributed by atoms with Crippen LogP contribution in [0.3, 0.4) is 0 Å². The smallest absolute Gasteiger partial charge is 0.306 e. The van der Waals surface area contributed by atoms with Gasteiger partial charge < -0.3 is 9.84 Å². The largest absolute Gasteiger partial charge is 0.508 e. The average molecular weight is 260 g/mol. The number of ether oxygens (including phenoxy) is 1. The van der Waals surface area contributed by atoms with Crippen LogP contribution in [-0.4, -0.2) is 23.5 Å². The van der Waals surface area contributed by atoms with Crippen molar-refractivity contribution in [2.45, 2.75) is 19.3 Å². The van der Waals surface area contributed by atoms with Gasteiger partial charge in [-0.3, -0.25) is 9.59 Å². The van der Waals surface area contributed by atoms with Gasteiger partial charge in [0.05, 0.1) is 13.0 Å². The Labute approximate surface area is 111 Å². The first kappa shape index (κ1) is 13.3. The highest BCUT2D eigenvalue weighted by Crippen LogP contribution is 2.18. The number of benzene rings is 1. The number of rotatable bonds is 5. The zero-order valence-corrected chi connectivity index (χ0v) is 10.5. The summed E-state index contributed by atoms with van der Waals surface area (Å²) in [6.45, 7) is 0.290. The number of hydrogen-bond acceptors (Lipinski definition) is 4. The number of esters is 1. The van der Waals surface area contributed by atoms with Crippen LogP contribution in [0.2, 0.25) is 0 Å². The molecule has 4 heteroatoms. The van der Waals surface area contributed by atoms with Gasteiger partial charge in [0.1, 0.15) is 5.75 Å². The maximum Gasteiger partial charge on any atom is 0.306 e. The monoisotopic (exact) mass is 260 g/mol. The molecule has 2 rings (SSSR count). The minimum Gasteiger partial charge on any atom is -0.508 e. The van der Waals surface area contributed by atoms with E-state index < -0.39 is 0 Å². The number of allylic oxidation sites excluding steroid dienone is 2. The van der Waals surface area contributed by atoms with Gasteiger partial charge in [-0.2, -0.15) is 0 Å². The Morgan fingerprint density at radius 2 is 2.05 bits per heavy atom. The van der Waals surface area contributed by atoms with E-state index in [1.807, 2.05) is 0 Å². The predicted molar refractivity (Wildman–Crippen MR) is 69.6 cm³/mol. The second kappa shape index (κ2) is 6.18. The fourth-order valence-corrected chi connectivity index (χ4v) is 1.99. The van der Waals surface area contributed by atoms with E-state index >= 15 is 0 Å². The normalized spacial score (nSPS) is 17.7. The molecule has 19 heavy (non-hydrogen) atoms. The van der Waals surface area contributed by atoms with Gasteiger partial charge >= 0.3 is 5.97 Å². The molecule has 0 fully saturated rings. The summed E-state index contributed by atoms with van der Waals surface area (Å²) in [5.41, 5.74) is 0.990. The fourth-order valence-electron chi connectivity index (χ4n) is 1.99. The van der Waals surface area contributed by atoms with E-state index in [4.69, 9.17) is 9.84 Å². The second-order valence-corrected chi connectivity index (χ2v) is 4.58. The van der Waals surface area contributed by atoms with Crippen molar-refractivity contribution in [2.75, 3.05) is 6.61 Å². The molecule has 1 N–H and O–H groups in total. The van der Waals surface area contributed by atoms with Crippen LogP contribution in [0, 0.1) is 5.92 Å². The Hall–Kier alpha value is -2.10. The highest BCUT2D eigenvalue weighted by Gasteiger charge is 2.23. The Bertz CT molecular complexity index is 487. The summed E-state index contributed by atoms with van der Waals surface area (Å²) in [6, 6.07) is 6.77. The van der Waals surface area contributed by atoms with Gasteiger partial charge in [0, 0.05) is 12.3 Å². The molecule has 100 valence electrons. The van der Waals surface area contributed by atoms with Crippen molar-refractivity contribution in [3.8, 4) is 5.75 Å². The minimum absolute atomic E-state index is 0.00971. The van der Waals surface area contributed by atoms with Gasteiger partial charge in [0.15, 0.2) is 5.78 Å². The van der Waals surface area contributed by atoms with Gasteiger partial charge in [-0.15, -0.1) is 0 Å². The zero-order valence-electron chi connectivity index (χ0n) is 10.5. The lowest BCUT2D eigenvalue weighted by Crippen LogP contribution is -2.16. The molecule has 1 aromatic rings. The molecule has 4 nitrogen and oxygen atoms in total. The van der Waals surface area contributed by atoms with Crippen molar-refractivity contribution >= 4 is 11.8 Å². The number of phenols is 1. The number of hydrogen-bond donors (Lipinski definition) is 1. The fraction of sp³-hybridized carbons (Fsp3) is 0.333. The Morgan fingerprint density at radius 3 is 2.68 bits per heavy atom. The van der Waals surface area contributed by atoms with E-state index in [0.717, 1.165) is 5.56 Å². The lowest BCUT2D eigenvalue weighted by Gasteiger charge is -2.08. The molecule has 0 bridgehead atoms. The lowest BCUT2D eigenvalue weighted by atomic mass is 10.0. The summed E-state index contributed by atoms with van der Waals surface area (Å²) in [5, 5.41) is 9.13. The summed E-state index contributed by atoms with van der Waals surface area (Å²) in [5.74, 6) is -0.342. The molecule has 0 saturated heterocycles. The number of carbonyl (C=O) groups is 2. The first-order valence-corrected chi connectivity index (χ1v) is 6.29. The van der Waals surface area contributed by atoms with E-state index in [1.165, 1.54) is 6.08 Å². The standard InChI is InChI=1S/C15H16O4/c16-13-6-4-11(5-7-13)8-9-19-15(18)10-12-2-1-3-14(12)17/h1,3-7,12,16H,2,8-10H2. The summed E-state index contributed by atoms with van der Waals surface area (Å²) in [4.78, 5) is 22.9. The third-order valence-electron chi connectivity index (χ3n) is 3.11. The first-order chi connectivity index (χ1) is 9.15. The van der Waals surface area contributed by atoms with E-state index in [9.17, 15) is 9.59 Å². The summed E-state index contributed by atoms with van der Waals surface area (Å²) < 4.78 is 5.11. The molecule has 0 radical (unpaired) electrons. The van der Waals surface area contributed by atoms with Gasteiger partial charge in [-0.25, -0.2) is 0 Å². The highest BCUT2D eigenvalue weighted by molar-refractivity contribution is 5.96. The summed E-state index contributed by atoms with van der Waals surface area (Å²) in [6.07, 6.45) is 4.70. The number of ketones is 1. The van der Waals surface area contributed by atoms with Crippen LogP contribution >= 0.6 is 0 Å². The van der Waals surface area contributed by atoms with Crippen molar-refractivity contribution in [2.24, 2.45) is 5.92 Å². The SMILES string of the molecule is O=C(CC1CC=CC1=O)OCCc1ccc(O)cc1. The van der Waals surface area contributed by atoms with Crippen LogP contribution in [0.4, 0.5) is 0 Å². The van der Waals surface area contributed by atoms with E-state index in [1.54, 1.807) is 30.3 Å². The maximum atomic E-state index is 11.5. The van der Waals surface area contributed by atoms with E-state index in [-0.39, 0.29) is 36.4 Å². The first-order valence-electron chi connectivity index (χ1n) is 6.29. The van der Waals surface area contributed by atoms with Gasteiger partial charge in [-0.05, 0) is 30.2 Å². The molecule has 0 spiro atoms. The molecule has 1 unspecified atom stereocenters. The Balaban J connectivity index is 1.69. The molecule has 1 aliphatic carbocycles. The minimum atomic E-state index is -0.333. The molecule has 1 aliphatic rings.